The van der Waals surface area contributed by atoms with E-state index in [0.717, 1.165) is 106 Å². The summed E-state index contributed by atoms with van der Waals surface area (Å²) in [4.78, 5) is 10.1. The van der Waals surface area contributed by atoms with Crippen molar-refractivity contribution in [3.05, 3.63) is 206 Å². The summed E-state index contributed by atoms with van der Waals surface area (Å²) in [7, 11) is 0. The molecule has 0 atom stereocenters. The highest BCUT2D eigenvalue weighted by Gasteiger charge is 2.20. The molecule has 3 aromatic heterocycles. The zero-order valence-corrected chi connectivity index (χ0v) is 31.8. The smallest absolute Gasteiger partial charge is 0.145 e. The van der Waals surface area contributed by atoms with Crippen LogP contribution in [0.1, 0.15) is 0 Å². The molecule has 0 amide bonds. The van der Waals surface area contributed by atoms with Crippen LogP contribution < -0.4 is 0 Å². The van der Waals surface area contributed by atoms with Gasteiger partial charge in [-0.05, 0) is 94.2 Å². The molecule has 5 nitrogen and oxygen atoms in total. The molecule has 0 N–H and O–H groups in total. The van der Waals surface area contributed by atoms with Crippen LogP contribution in [0.2, 0.25) is 0 Å². The number of hydrogen-bond acceptors (Lipinski definition) is 3. The summed E-state index contributed by atoms with van der Waals surface area (Å²) >= 11 is 0. The fourth-order valence-electron chi connectivity index (χ4n) is 8.76. The maximum absolute atomic E-state index is 6.81. The molecule has 5 heteroatoms. The summed E-state index contributed by atoms with van der Waals surface area (Å²) in [6.07, 6.45) is 0. The van der Waals surface area contributed by atoms with Crippen LogP contribution in [0.5, 0.6) is 0 Å². The molecule has 59 heavy (non-hydrogen) atoms. The van der Waals surface area contributed by atoms with Gasteiger partial charge in [0.1, 0.15) is 22.8 Å². The van der Waals surface area contributed by atoms with Crippen molar-refractivity contribution in [2.75, 3.05) is 0 Å². The summed E-state index contributed by atoms with van der Waals surface area (Å²) in [5.41, 5.74) is 14.6. The van der Waals surface area contributed by atoms with Crippen molar-refractivity contribution in [2.45, 2.75) is 0 Å². The SMILES string of the molecule is c1ccc(-c2nc3ccccc3n2-c2ccc(-c3ccc4oc5c(-c6ccc(-n7c(-c8ccccc8)nc8ccccc87)cc6)c6ccccc6cc5c4c3)cc2)cc1. The first-order chi connectivity index (χ1) is 29.2. The van der Waals surface area contributed by atoms with E-state index in [-0.39, 0.29) is 0 Å². The first kappa shape index (κ1) is 33.2. The fourth-order valence-corrected chi connectivity index (χ4v) is 8.76. The Morgan fingerprint density at radius 2 is 0.864 bits per heavy atom. The number of rotatable bonds is 6. The van der Waals surface area contributed by atoms with E-state index in [2.05, 4.69) is 191 Å². The zero-order chi connectivity index (χ0) is 38.9. The number of hydrogen-bond donors (Lipinski definition) is 0. The number of benzene rings is 9. The molecule has 0 fully saturated rings. The van der Waals surface area contributed by atoms with Crippen LogP contribution in [0.4, 0.5) is 0 Å². The Morgan fingerprint density at radius 3 is 1.47 bits per heavy atom. The molecule has 12 rings (SSSR count). The van der Waals surface area contributed by atoms with E-state index < -0.39 is 0 Å². The number of nitrogens with zero attached hydrogens (tertiary/aromatic N) is 4. The van der Waals surface area contributed by atoms with Crippen LogP contribution in [0.3, 0.4) is 0 Å². The van der Waals surface area contributed by atoms with Gasteiger partial charge in [0, 0.05) is 38.8 Å². The summed E-state index contributed by atoms with van der Waals surface area (Å²) in [5.74, 6) is 1.85. The van der Waals surface area contributed by atoms with Gasteiger partial charge in [-0.1, -0.05) is 140 Å². The molecule has 0 spiro atoms. The van der Waals surface area contributed by atoms with Crippen LogP contribution in [-0.2, 0) is 0 Å². The zero-order valence-electron chi connectivity index (χ0n) is 31.8. The van der Waals surface area contributed by atoms with Gasteiger partial charge in [0.05, 0.1) is 22.1 Å². The highest BCUT2D eigenvalue weighted by molar-refractivity contribution is 6.18. The van der Waals surface area contributed by atoms with Gasteiger partial charge >= 0.3 is 0 Å². The minimum absolute atomic E-state index is 0.864. The van der Waals surface area contributed by atoms with E-state index >= 15 is 0 Å². The Hall–Kier alpha value is -8.02. The molecular formula is C54H34N4O. The largest absolute Gasteiger partial charge is 0.455 e. The minimum Gasteiger partial charge on any atom is -0.455 e. The Balaban J connectivity index is 0.959. The number of aromatic nitrogens is 4. The second kappa shape index (κ2) is 13.3. The molecule has 0 unspecified atom stereocenters. The van der Waals surface area contributed by atoms with Crippen LogP contribution in [0.15, 0.2) is 211 Å². The Morgan fingerprint density at radius 1 is 0.356 bits per heavy atom. The highest BCUT2D eigenvalue weighted by Crippen LogP contribution is 2.43. The Kier molecular flexibility index (Phi) is 7.47. The van der Waals surface area contributed by atoms with E-state index in [0.29, 0.717) is 0 Å². The van der Waals surface area contributed by atoms with Crippen molar-refractivity contribution in [1.29, 1.82) is 0 Å². The predicted molar refractivity (Wildman–Crippen MR) is 242 cm³/mol. The van der Waals surface area contributed by atoms with Crippen molar-refractivity contribution < 1.29 is 4.42 Å². The van der Waals surface area contributed by atoms with Crippen LogP contribution in [0, 0.1) is 0 Å². The molecule has 0 radical (unpaired) electrons. The van der Waals surface area contributed by atoms with Gasteiger partial charge < -0.3 is 4.42 Å². The van der Waals surface area contributed by atoms with Gasteiger partial charge in [-0.25, -0.2) is 9.97 Å². The molecule has 276 valence electrons. The van der Waals surface area contributed by atoms with E-state index in [4.69, 9.17) is 14.4 Å². The molecule has 3 heterocycles. The third-order valence-corrected chi connectivity index (χ3v) is 11.5. The summed E-state index contributed by atoms with van der Waals surface area (Å²) in [6.45, 7) is 0. The van der Waals surface area contributed by atoms with Crippen molar-refractivity contribution >= 4 is 54.8 Å². The highest BCUT2D eigenvalue weighted by atomic mass is 16.3. The minimum atomic E-state index is 0.864. The van der Waals surface area contributed by atoms with Gasteiger partial charge in [0.15, 0.2) is 0 Å². The molecule has 12 aromatic rings. The average Bonchev–Trinajstić information content (AvgIpc) is 4.01. The van der Waals surface area contributed by atoms with Crippen molar-refractivity contribution in [3.8, 4) is 56.4 Å². The van der Waals surface area contributed by atoms with E-state index in [1.807, 2.05) is 24.3 Å². The lowest BCUT2D eigenvalue weighted by atomic mass is 9.94. The number of furan rings is 1. The number of fused-ring (bicyclic) bond motifs is 6. The van der Waals surface area contributed by atoms with Crippen molar-refractivity contribution in [2.24, 2.45) is 0 Å². The van der Waals surface area contributed by atoms with Crippen LogP contribution in [-0.4, -0.2) is 19.1 Å². The van der Waals surface area contributed by atoms with Gasteiger partial charge in [-0.3, -0.25) is 9.13 Å². The maximum atomic E-state index is 6.81. The molecule has 9 aromatic carbocycles. The average molecular weight is 755 g/mol. The lowest BCUT2D eigenvalue weighted by Crippen LogP contribution is -1.97. The lowest BCUT2D eigenvalue weighted by Gasteiger charge is -2.12. The normalized spacial score (nSPS) is 11.7. The summed E-state index contributed by atoms with van der Waals surface area (Å²) in [6, 6.07) is 72.5. The van der Waals surface area contributed by atoms with Gasteiger partial charge in [-0.2, -0.15) is 0 Å². The van der Waals surface area contributed by atoms with E-state index in [9.17, 15) is 0 Å². The van der Waals surface area contributed by atoms with E-state index in [1.165, 1.54) is 5.39 Å². The molecule has 0 aliphatic heterocycles. The van der Waals surface area contributed by atoms with E-state index in [1.54, 1.807) is 0 Å². The monoisotopic (exact) mass is 754 g/mol. The molecule has 0 saturated heterocycles. The van der Waals surface area contributed by atoms with Crippen LogP contribution >= 0.6 is 0 Å². The van der Waals surface area contributed by atoms with Gasteiger partial charge in [0.25, 0.3) is 0 Å². The molecule has 0 aliphatic rings. The lowest BCUT2D eigenvalue weighted by molar-refractivity contribution is 0.670. The second-order valence-corrected chi connectivity index (χ2v) is 15.0. The third-order valence-electron chi connectivity index (χ3n) is 11.5. The summed E-state index contributed by atoms with van der Waals surface area (Å²) in [5, 5.41) is 4.52. The quantitative estimate of drug-likeness (QED) is 0.170. The number of para-hydroxylation sites is 4. The molecule has 0 bridgehead atoms. The number of imidazole rings is 2. The van der Waals surface area contributed by atoms with Crippen molar-refractivity contribution in [1.82, 2.24) is 19.1 Å². The molecular weight excluding hydrogens is 721 g/mol. The van der Waals surface area contributed by atoms with Crippen LogP contribution in [0.25, 0.3) is 111 Å². The Bertz CT molecular complexity index is 3520. The standard InChI is InChI=1S/C54H34N4O/c1-3-13-37(14-4-1)53-55-46-19-9-11-21-48(46)57(53)41-28-23-35(24-29-41)39-27-32-50-44(33-39)45-34-40-17-7-8-18-43(40)51(52(45)59-50)36-25-30-42(31-26-36)58-49-22-12-10-20-47(49)56-54(58)38-15-5-2-6-16-38/h1-34H. The maximum Gasteiger partial charge on any atom is 0.145 e. The predicted octanol–water partition coefficient (Wildman–Crippen LogP) is 14.1. The topological polar surface area (TPSA) is 48.8 Å². The Labute approximate surface area is 339 Å². The third kappa shape index (κ3) is 5.40. The second-order valence-electron chi connectivity index (χ2n) is 15.0. The summed E-state index contributed by atoms with van der Waals surface area (Å²) < 4.78 is 11.3. The van der Waals surface area contributed by atoms with Gasteiger partial charge in [-0.15, -0.1) is 0 Å². The fraction of sp³-hybridized carbons (Fsp3) is 0. The molecule has 0 aliphatic carbocycles. The first-order valence-electron chi connectivity index (χ1n) is 19.9. The molecule has 0 saturated carbocycles. The first-order valence-corrected chi connectivity index (χ1v) is 19.9. The van der Waals surface area contributed by atoms with Gasteiger partial charge in [0.2, 0.25) is 0 Å². The van der Waals surface area contributed by atoms with Crippen molar-refractivity contribution in [3.63, 3.8) is 0 Å².